The SMILES string of the molecule is C=CCON=C(C(=O)[O-])c1nsc(NP(=O)(OC)OC)n1.[Na+]. The van der Waals surface area contributed by atoms with E-state index in [2.05, 4.69) is 40.1 Å². The molecule has 0 unspecified atom stereocenters. The van der Waals surface area contributed by atoms with E-state index in [-0.39, 0.29) is 47.1 Å². The maximum atomic E-state index is 11.8. The molecule has 116 valence electrons. The summed E-state index contributed by atoms with van der Waals surface area (Å²) in [5, 5.41) is 16.7. The summed E-state index contributed by atoms with van der Waals surface area (Å²) in [5.74, 6) is -1.88. The molecule has 1 heterocycles. The summed E-state index contributed by atoms with van der Waals surface area (Å²) in [5.41, 5.74) is -0.606. The summed E-state index contributed by atoms with van der Waals surface area (Å²) in [6.45, 7) is 3.39. The summed E-state index contributed by atoms with van der Waals surface area (Å²) < 4.78 is 24.9. The van der Waals surface area contributed by atoms with Crippen LogP contribution in [0.3, 0.4) is 0 Å². The Bertz CT molecular complexity index is 586. The zero-order valence-corrected chi connectivity index (χ0v) is 15.8. The van der Waals surface area contributed by atoms with E-state index in [0.717, 1.165) is 11.5 Å². The van der Waals surface area contributed by atoms with Gasteiger partial charge in [-0.2, -0.15) is 9.36 Å². The van der Waals surface area contributed by atoms with Crippen LogP contribution in [0.2, 0.25) is 0 Å². The smallest absolute Gasteiger partial charge is 0.543 e. The van der Waals surface area contributed by atoms with Crippen LogP contribution in [-0.2, 0) is 23.2 Å². The Morgan fingerprint density at radius 1 is 1.55 bits per heavy atom. The zero-order valence-electron chi connectivity index (χ0n) is 12.1. The standard InChI is InChI=1S/C9H13N4O6PS.Na/c1-4-5-19-11-6(8(14)15)7-10-9(21-13-7)12-20(16,17-2)18-3;/h4H,1,5H2,2-3H3,(H,14,15)(H,10,12,13,16);/q;+1/p-1. The van der Waals surface area contributed by atoms with E-state index in [9.17, 15) is 14.5 Å². The van der Waals surface area contributed by atoms with Gasteiger partial charge in [0.05, 0.1) is 5.97 Å². The largest absolute Gasteiger partial charge is 1.00 e. The summed E-state index contributed by atoms with van der Waals surface area (Å²) in [6, 6.07) is 0. The first-order valence-electron chi connectivity index (χ1n) is 5.31. The quantitative estimate of drug-likeness (QED) is 0.122. The van der Waals surface area contributed by atoms with Gasteiger partial charge >= 0.3 is 37.3 Å². The number of carboxylic acid groups (broad SMARTS) is 1. The van der Waals surface area contributed by atoms with Gasteiger partial charge in [-0.05, 0) is 0 Å². The molecule has 1 aromatic rings. The van der Waals surface area contributed by atoms with Crippen molar-refractivity contribution in [2.24, 2.45) is 5.16 Å². The minimum atomic E-state index is -3.56. The molecule has 0 aliphatic rings. The minimum Gasteiger partial charge on any atom is -0.543 e. The molecule has 0 aliphatic carbocycles. The molecule has 1 N–H and O–H groups in total. The van der Waals surface area contributed by atoms with Crippen LogP contribution in [0.5, 0.6) is 0 Å². The van der Waals surface area contributed by atoms with E-state index in [1.54, 1.807) is 0 Å². The Balaban J connectivity index is 0.00000441. The number of carbonyl (C=O) groups is 1. The van der Waals surface area contributed by atoms with Gasteiger partial charge in [0.15, 0.2) is 11.5 Å². The number of carboxylic acids is 1. The maximum Gasteiger partial charge on any atom is 1.00 e. The number of nitrogens with one attached hydrogen (secondary N) is 1. The Morgan fingerprint density at radius 2 is 2.18 bits per heavy atom. The van der Waals surface area contributed by atoms with Crippen LogP contribution in [0.4, 0.5) is 5.13 Å². The molecule has 0 saturated heterocycles. The van der Waals surface area contributed by atoms with Gasteiger partial charge < -0.3 is 14.7 Å². The number of nitrogens with zero attached hydrogens (tertiary/aromatic N) is 3. The third kappa shape index (κ3) is 6.13. The number of rotatable bonds is 9. The predicted octanol–water partition coefficient (Wildman–Crippen LogP) is -2.99. The fraction of sp³-hybridized carbons (Fsp3) is 0.333. The van der Waals surface area contributed by atoms with Gasteiger partial charge in [0.25, 0.3) is 0 Å². The molecule has 22 heavy (non-hydrogen) atoms. The van der Waals surface area contributed by atoms with Gasteiger partial charge in [0, 0.05) is 25.8 Å². The fourth-order valence-corrected chi connectivity index (χ4v) is 2.51. The van der Waals surface area contributed by atoms with E-state index in [4.69, 9.17) is 0 Å². The molecule has 1 aromatic heterocycles. The summed E-state index contributed by atoms with van der Waals surface area (Å²) in [6.07, 6.45) is 1.38. The number of carbonyl (C=O) groups excluding carboxylic acids is 1. The van der Waals surface area contributed by atoms with Gasteiger partial charge in [-0.25, -0.2) is 4.57 Å². The maximum absolute atomic E-state index is 11.8. The van der Waals surface area contributed by atoms with Crippen LogP contribution in [0.15, 0.2) is 17.8 Å². The molecular formula is C9H12N4NaO6PS. The van der Waals surface area contributed by atoms with Crippen molar-refractivity contribution in [2.75, 3.05) is 25.9 Å². The topological polar surface area (TPSA) is 135 Å². The Morgan fingerprint density at radius 3 is 2.68 bits per heavy atom. The Labute approximate surface area is 152 Å². The molecule has 13 heteroatoms. The van der Waals surface area contributed by atoms with Crippen LogP contribution in [0.1, 0.15) is 5.82 Å². The van der Waals surface area contributed by atoms with Crippen LogP contribution in [0, 0.1) is 0 Å². The third-order valence-electron chi connectivity index (χ3n) is 1.89. The van der Waals surface area contributed by atoms with Crippen molar-refractivity contribution in [3.63, 3.8) is 0 Å². The molecule has 1 rings (SSSR count). The molecule has 0 aliphatic heterocycles. The van der Waals surface area contributed by atoms with Gasteiger partial charge in [-0.1, -0.05) is 17.8 Å². The molecule has 0 fully saturated rings. The van der Waals surface area contributed by atoms with Gasteiger partial charge in [-0.3, -0.25) is 14.1 Å². The van der Waals surface area contributed by atoms with Crippen molar-refractivity contribution in [3.8, 4) is 0 Å². The molecule has 0 saturated carbocycles. The average Bonchev–Trinajstić information content (AvgIpc) is 2.91. The van der Waals surface area contributed by atoms with Crippen LogP contribution in [-0.4, -0.2) is 41.9 Å². The number of aliphatic carboxylic acids is 1. The van der Waals surface area contributed by atoms with Crippen LogP contribution >= 0.6 is 19.3 Å². The second kappa shape index (κ2) is 10.1. The molecule has 0 atom stereocenters. The van der Waals surface area contributed by atoms with E-state index < -0.39 is 19.4 Å². The Hall–Kier alpha value is -0.810. The van der Waals surface area contributed by atoms with Crippen molar-refractivity contribution in [1.82, 2.24) is 9.36 Å². The van der Waals surface area contributed by atoms with Crippen molar-refractivity contribution >= 4 is 36.1 Å². The first kappa shape index (κ1) is 21.2. The second-order valence-corrected chi connectivity index (χ2v) is 5.91. The van der Waals surface area contributed by atoms with Crippen molar-refractivity contribution in [2.45, 2.75) is 0 Å². The normalized spacial score (nSPS) is 11.5. The monoisotopic (exact) mass is 358 g/mol. The molecule has 0 amide bonds. The molecular weight excluding hydrogens is 346 g/mol. The van der Waals surface area contributed by atoms with E-state index in [1.807, 2.05) is 0 Å². The van der Waals surface area contributed by atoms with Crippen molar-refractivity contribution in [3.05, 3.63) is 18.5 Å². The molecule has 0 spiro atoms. The van der Waals surface area contributed by atoms with Gasteiger partial charge in [-0.15, -0.1) is 0 Å². The summed E-state index contributed by atoms with van der Waals surface area (Å²) in [4.78, 5) is 19.4. The third-order valence-corrected chi connectivity index (χ3v) is 4.12. The first-order valence-corrected chi connectivity index (χ1v) is 7.63. The van der Waals surface area contributed by atoms with E-state index in [1.165, 1.54) is 20.3 Å². The van der Waals surface area contributed by atoms with Gasteiger partial charge in [0.1, 0.15) is 6.61 Å². The molecule has 0 radical (unpaired) electrons. The van der Waals surface area contributed by atoms with Crippen molar-refractivity contribution < 1.29 is 57.9 Å². The van der Waals surface area contributed by atoms with Crippen LogP contribution in [0.25, 0.3) is 0 Å². The molecule has 0 bridgehead atoms. The second-order valence-electron chi connectivity index (χ2n) is 3.21. The first-order chi connectivity index (χ1) is 9.95. The average molecular weight is 358 g/mol. The van der Waals surface area contributed by atoms with Crippen LogP contribution < -0.4 is 39.8 Å². The predicted molar refractivity (Wildman–Crippen MR) is 72.8 cm³/mol. The fourth-order valence-electron chi connectivity index (χ4n) is 0.972. The number of oxime groups is 1. The molecule has 0 aromatic carbocycles. The summed E-state index contributed by atoms with van der Waals surface area (Å²) in [7, 11) is -1.21. The van der Waals surface area contributed by atoms with E-state index in [0.29, 0.717) is 0 Å². The number of anilines is 1. The van der Waals surface area contributed by atoms with E-state index >= 15 is 0 Å². The van der Waals surface area contributed by atoms with Crippen molar-refractivity contribution in [1.29, 1.82) is 0 Å². The molecule has 10 nitrogen and oxygen atoms in total. The Kier molecular flexibility index (Phi) is 9.69. The number of hydrogen-bond acceptors (Lipinski definition) is 10. The summed E-state index contributed by atoms with van der Waals surface area (Å²) >= 11 is 0.740. The van der Waals surface area contributed by atoms with Gasteiger partial charge in [0.2, 0.25) is 5.13 Å². The minimum absolute atomic E-state index is 0. The number of aromatic nitrogens is 2. The number of hydrogen-bond donors (Lipinski definition) is 1. The zero-order chi connectivity index (χ0) is 15.9.